The number of halogens is 1. The van der Waals surface area contributed by atoms with Crippen LogP contribution >= 0.6 is 0 Å². The number of allylic oxidation sites excluding steroid dienone is 1. The number of carbonyl (C=O) groups is 3. The lowest BCUT2D eigenvalue weighted by Crippen LogP contribution is -2.59. The van der Waals surface area contributed by atoms with Crippen LogP contribution in [0.3, 0.4) is 0 Å². The molecule has 2 fully saturated rings. The Bertz CT molecular complexity index is 980. The minimum absolute atomic E-state index is 0.00723. The highest BCUT2D eigenvalue weighted by molar-refractivity contribution is 6.16. The minimum Gasteiger partial charge on any atom is -0.447 e. The predicted molar refractivity (Wildman–Crippen MR) is 172 cm³/mol. The monoisotopic (exact) mass is 658 g/mol. The highest BCUT2D eigenvalue weighted by Crippen LogP contribution is 2.52. The molecule has 0 aromatic heterocycles. The Morgan fingerprint density at radius 1 is 1.09 bits per heavy atom. The van der Waals surface area contributed by atoms with Gasteiger partial charge >= 0.3 is 19.9 Å². The van der Waals surface area contributed by atoms with Crippen LogP contribution in [0.4, 0.5) is 13.9 Å². The van der Waals surface area contributed by atoms with E-state index < -0.39 is 43.8 Å². The summed E-state index contributed by atoms with van der Waals surface area (Å²) in [6.07, 6.45) is 4.55. The molecule has 3 unspecified atom stereocenters. The number of rotatable bonds is 21. The molecule has 0 bridgehead atoms. The third kappa shape index (κ3) is 13.7. The predicted octanol–water partition coefficient (Wildman–Crippen LogP) is 3.22. The van der Waals surface area contributed by atoms with Crippen molar-refractivity contribution in [3.8, 4) is 0 Å². The summed E-state index contributed by atoms with van der Waals surface area (Å²) in [5.74, 6) is -0.437. The molecule has 5 atom stereocenters. The third-order valence-corrected chi connectivity index (χ3v) is 8.44. The summed E-state index contributed by atoms with van der Waals surface area (Å²) in [7, 11) is 0.622. The molecule has 46 heavy (non-hydrogen) atoms. The number of nitrogens with one attached hydrogen (secondary N) is 4. The van der Waals surface area contributed by atoms with E-state index in [1.54, 1.807) is 7.11 Å². The Kier molecular flexibility index (Phi) is 17.3. The second kappa shape index (κ2) is 20.0. The molecule has 4 N–H and O–H groups in total. The van der Waals surface area contributed by atoms with Gasteiger partial charge in [-0.05, 0) is 59.3 Å². The van der Waals surface area contributed by atoms with Gasteiger partial charge in [-0.3, -0.25) is 9.11 Å². The molecule has 1 saturated carbocycles. The van der Waals surface area contributed by atoms with Crippen molar-refractivity contribution in [2.45, 2.75) is 110 Å². The summed E-state index contributed by atoms with van der Waals surface area (Å²) < 4.78 is 45.6. The highest BCUT2D eigenvalue weighted by Gasteiger charge is 2.64. The zero-order valence-electron chi connectivity index (χ0n) is 28.7. The molecule has 0 radical (unpaired) electrons. The van der Waals surface area contributed by atoms with Crippen molar-refractivity contribution in [2.24, 2.45) is 11.8 Å². The number of epoxide rings is 1. The molecule has 13 nitrogen and oxygen atoms in total. The topological polar surface area (TPSA) is 158 Å². The maximum atomic E-state index is 13.1. The van der Waals surface area contributed by atoms with Crippen LogP contribution in [0.5, 0.6) is 0 Å². The normalized spacial score (nSPS) is 22.9. The number of unbranched alkanes of at least 4 members (excludes halogenated alkanes) is 3. The zero-order valence-corrected chi connectivity index (χ0v) is 28.7. The van der Waals surface area contributed by atoms with Crippen molar-refractivity contribution in [1.82, 2.24) is 21.4 Å². The summed E-state index contributed by atoms with van der Waals surface area (Å²) in [4.78, 5) is 36.8. The van der Waals surface area contributed by atoms with Gasteiger partial charge in [0.15, 0.2) is 0 Å². The minimum atomic E-state index is -1.00. The molecular formula is C31H56BFN4O9. The second-order valence-corrected chi connectivity index (χ2v) is 13.1. The van der Waals surface area contributed by atoms with Crippen molar-refractivity contribution in [1.29, 1.82) is 0 Å². The number of amides is 3. The van der Waals surface area contributed by atoms with Gasteiger partial charge in [-0.15, -0.1) is 0 Å². The second-order valence-electron chi connectivity index (χ2n) is 13.1. The van der Waals surface area contributed by atoms with Gasteiger partial charge in [0.25, 0.3) is 0 Å². The molecule has 2 rings (SSSR count). The third-order valence-electron chi connectivity index (χ3n) is 8.44. The quantitative estimate of drug-likeness (QED) is 0.0475. The van der Waals surface area contributed by atoms with Gasteiger partial charge in [0.05, 0.1) is 37.0 Å². The Labute approximate surface area is 274 Å². The molecule has 1 heterocycles. The van der Waals surface area contributed by atoms with Crippen LogP contribution in [-0.2, 0) is 33.2 Å². The average Bonchev–Trinajstić information content (AvgIpc) is 3.76. The maximum Gasteiger partial charge on any atom is 0.498 e. The van der Waals surface area contributed by atoms with Crippen molar-refractivity contribution in [3.05, 3.63) is 11.6 Å². The number of hydroxylamine groups is 1. The summed E-state index contributed by atoms with van der Waals surface area (Å²) in [5.41, 5.74) is 2.44. The van der Waals surface area contributed by atoms with Crippen LogP contribution in [0.25, 0.3) is 0 Å². The number of alkyl carbamates (subject to hydrolysis) is 2. The van der Waals surface area contributed by atoms with Gasteiger partial charge in [0.2, 0.25) is 5.91 Å². The largest absolute Gasteiger partial charge is 0.498 e. The maximum absolute atomic E-state index is 13.1. The standard InChI is InChI=1S/C31H56BFN4O9/c1-21(2)13-17-43-30(5,6)27-26(41-7)24(12-14-31(27)20-44-31)45-29(40)37-23(22(3)4)19-42-28(39)35-16-11-9-8-10-15-34-25(38)18-36-46-32-33/h13,22-24,26-27,32,36H,8-12,14-20H2,1-7H3,(H,34,38)(H,35,39)(H,37,40)/t23-,24?,26?,27?,31-/m0/s1. The first-order valence-electron chi connectivity index (χ1n) is 16.3. The number of ether oxygens (including phenoxy) is 5. The molecule has 1 spiro atoms. The highest BCUT2D eigenvalue weighted by atomic mass is 19.1. The fourth-order valence-electron chi connectivity index (χ4n) is 5.77. The molecule has 0 aromatic rings. The van der Waals surface area contributed by atoms with E-state index in [-0.39, 0.29) is 36.5 Å². The van der Waals surface area contributed by atoms with E-state index in [1.165, 1.54) is 5.57 Å². The van der Waals surface area contributed by atoms with Crippen LogP contribution in [0.15, 0.2) is 11.6 Å². The van der Waals surface area contributed by atoms with Crippen LogP contribution in [0.2, 0.25) is 0 Å². The summed E-state index contributed by atoms with van der Waals surface area (Å²) in [5, 5.41) is 8.30. The number of methoxy groups -OCH3 is 1. The molecule has 1 saturated heterocycles. The van der Waals surface area contributed by atoms with E-state index in [4.69, 9.17) is 23.7 Å². The van der Waals surface area contributed by atoms with Crippen LogP contribution in [0, 0.1) is 11.8 Å². The summed E-state index contributed by atoms with van der Waals surface area (Å²) >= 11 is 0. The Morgan fingerprint density at radius 2 is 1.76 bits per heavy atom. The zero-order chi connectivity index (χ0) is 34.2. The van der Waals surface area contributed by atoms with Crippen LogP contribution in [-0.4, -0.2) is 102 Å². The fraction of sp³-hybridized carbons (Fsp3) is 0.839. The molecule has 0 aromatic carbocycles. The fourth-order valence-corrected chi connectivity index (χ4v) is 5.77. The van der Waals surface area contributed by atoms with Gasteiger partial charge in [0.1, 0.15) is 18.8 Å². The number of hydrogen-bond acceptors (Lipinski definition) is 10. The van der Waals surface area contributed by atoms with Crippen molar-refractivity contribution >= 4 is 25.9 Å². The van der Waals surface area contributed by atoms with Gasteiger partial charge in [0, 0.05) is 26.1 Å². The van der Waals surface area contributed by atoms with Gasteiger partial charge < -0.3 is 44.4 Å². The smallest absolute Gasteiger partial charge is 0.447 e. The first-order chi connectivity index (χ1) is 21.8. The first kappa shape index (κ1) is 39.7. The van der Waals surface area contributed by atoms with E-state index in [0.29, 0.717) is 32.7 Å². The lowest BCUT2D eigenvalue weighted by atomic mass is 9.68. The number of hydrogen-bond donors (Lipinski definition) is 4. The lowest BCUT2D eigenvalue weighted by molar-refractivity contribution is -0.172. The molecule has 1 aliphatic heterocycles. The molecule has 3 amide bonds. The van der Waals surface area contributed by atoms with E-state index in [0.717, 1.165) is 32.1 Å². The molecule has 15 heteroatoms. The molecule has 1 aliphatic carbocycles. The van der Waals surface area contributed by atoms with Crippen molar-refractivity contribution < 1.29 is 47.1 Å². The van der Waals surface area contributed by atoms with Crippen LogP contribution < -0.4 is 21.4 Å². The lowest BCUT2D eigenvalue weighted by Gasteiger charge is -2.47. The van der Waals surface area contributed by atoms with Gasteiger partial charge in [-0.1, -0.05) is 38.3 Å². The summed E-state index contributed by atoms with van der Waals surface area (Å²) in [6, 6.07) is -0.450. The van der Waals surface area contributed by atoms with Gasteiger partial charge in [-0.2, -0.15) is 0 Å². The SMILES string of the molecule is COC1C(OC(=O)N[C@@H](COC(=O)NCCCCCCNC(=O)CNOBF)C(C)C)CC[C@]2(CO2)C1C(C)(C)OCC=C(C)C. The van der Waals surface area contributed by atoms with Crippen molar-refractivity contribution in [3.63, 3.8) is 0 Å². The first-order valence-corrected chi connectivity index (χ1v) is 16.3. The van der Waals surface area contributed by atoms with Gasteiger partial charge in [-0.25, -0.2) is 15.1 Å². The summed E-state index contributed by atoms with van der Waals surface area (Å²) in [6.45, 7) is 13.9. The number of carbonyl (C=O) groups excluding carboxylic acids is 3. The Morgan fingerprint density at radius 3 is 2.35 bits per heavy atom. The van der Waals surface area contributed by atoms with E-state index >= 15 is 0 Å². The van der Waals surface area contributed by atoms with E-state index in [9.17, 15) is 18.7 Å². The molecule has 2 aliphatic rings. The Hall–Kier alpha value is -2.46. The van der Waals surface area contributed by atoms with E-state index in [1.807, 2.05) is 47.6 Å². The molecular weight excluding hydrogens is 602 g/mol. The molecule has 264 valence electrons. The van der Waals surface area contributed by atoms with Crippen molar-refractivity contribution in [2.75, 3.05) is 46.6 Å². The van der Waals surface area contributed by atoms with Crippen LogP contribution in [0.1, 0.15) is 80.1 Å². The average molecular weight is 659 g/mol. The van der Waals surface area contributed by atoms with E-state index in [2.05, 4.69) is 26.2 Å². The Balaban J connectivity index is 1.74.